The van der Waals surface area contributed by atoms with Gasteiger partial charge in [-0.3, -0.25) is 4.68 Å². The van der Waals surface area contributed by atoms with Crippen LogP contribution in [0.2, 0.25) is 5.02 Å². The molecule has 0 spiro atoms. The van der Waals surface area contributed by atoms with Gasteiger partial charge in [-0.25, -0.2) is 4.39 Å². The smallest absolute Gasteiger partial charge is 0.125 e. The fourth-order valence-corrected chi connectivity index (χ4v) is 2.35. The summed E-state index contributed by atoms with van der Waals surface area (Å²) in [6, 6.07) is 6.02. The topological polar surface area (TPSA) is 38.0 Å². The van der Waals surface area contributed by atoms with Gasteiger partial charge in [0, 0.05) is 23.7 Å². The SMILES string of the molecule is CCn1nc(C)cc1CC(O)c1cc(F)cc(Cl)c1. The molecular weight excluding hydrogens is 267 g/mol. The summed E-state index contributed by atoms with van der Waals surface area (Å²) in [6.45, 7) is 4.63. The van der Waals surface area contributed by atoms with Crippen molar-refractivity contribution in [2.24, 2.45) is 0 Å². The van der Waals surface area contributed by atoms with Crippen molar-refractivity contribution in [1.29, 1.82) is 0 Å². The van der Waals surface area contributed by atoms with Crippen LogP contribution in [0.4, 0.5) is 4.39 Å². The highest BCUT2D eigenvalue weighted by Crippen LogP contribution is 2.23. The molecule has 2 rings (SSSR count). The Hall–Kier alpha value is -1.39. The Bertz CT molecular complexity index is 563. The van der Waals surface area contributed by atoms with Crippen molar-refractivity contribution in [3.63, 3.8) is 0 Å². The van der Waals surface area contributed by atoms with Crippen molar-refractivity contribution in [2.45, 2.75) is 32.9 Å². The van der Waals surface area contributed by atoms with Crippen LogP contribution in [0.15, 0.2) is 24.3 Å². The van der Waals surface area contributed by atoms with E-state index in [9.17, 15) is 9.50 Å². The molecule has 102 valence electrons. The van der Waals surface area contributed by atoms with Crippen molar-refractivity contribution >= 4 is 11.6 Å². The zero-order valence-corrected chi connectivity index (χ0v) is 11.7. The number of halogens is 2. The van der Waals surface area contributed by atoms with E-state index in [1.54, 1.807) is 6.07 Å². The molecule has 0 aliphatic rings. The second kappa shape index (κ2) is 5.72. The molecule has 3 nitrogen and oxygen atoms in total. The summed E-state index contributed by atoms with van der Waals surface area (Å²) in [5, 5.41) is 14.8. The Kier molecular flexibility index (Phi) is 4.22. The first-order valence-corrected chi connectivity index (χ1v) is 6.54. The zero-order chi connectivity index (χ0) is 14.0. The van der Waals surface area contributed by atoms with Crippen molar-refractivity contribution in [2.75, 3.05) is 0 Å². The van der Waals surface area contributed by atoms with Crippen LogP contribution < -0.4 is 0 Å². The average Bonchev–Trinajstić information content (AvgIpc) is 2.68. The molecule has 1 unspecified atom stereocenters. The highest BCUT2D eigenvalue weighted by molar-refractivity contribution is 6.30. The maximum Gasteiger partial charge on any atom is 0.125 e. The molecule has 0 saturated heterocycles. The molecule has 0 aliphatic carbocycles. The van der Waals surface area contributed by atoms with Crippen molar-refractivity contribution in [1.82, 2.24) is 9.78 Å². The van der Waals surface area contributed by atoms with E-state index in [2.05, 4.69) is 5.10 Å². The van der Waals surface area contributed by atoms with Gasteiger partial charge in [-0.15, -0.1) is 0 Å². The van der Waals surface area contributed by atoms with E-state index < -0.39 is 11.9 Å². The molecule has 1 atom stereocenters. The summed E-state index contributed by atoms with van der Waals surface area (Å²) in [5.41, 5.74) is 2.31. The lowest BCUT2D eigenvalue weighted by Crippen LogP contribution is -2.08. The zero-order valence-electron chi connectivity index (χ0n) is 10.9. The van der Waals surface area contributed by atoms with E-state index in [1.165, 1.54) is 12.1 Å². The van der Waals surface area contributed by atoms with Gasteiger partial charge in [-0.1, -0.05) is 11.6 Å². The molecule has 1 aromatic carbocycles. The lowest BCUT2D eigenvalue weighted by atomic mass is 10.0. The van der Waals surface area contributed by atoms with Gasteiger partial charge in [0.05, 0.1) is 11.8 Å². The maximum absolute atomic E-state index is 13.3. The monoisotopic (exact) mass is 282 g/mol. The Balaban J connectivity index is 2.22. The minimum absolute atomic E-state index is 0.286. The van der Waals surface area contributed by atoms with E-state index in [0.717, 1.165) is 17.9 Å². The van der Waals surface area contributed by atoms with Crippen LogP contribution in [0.3, 0.4) is 0 Å². The van der Waals surface area contributed by atoms with Crippen molar-refractivity contribution < 1.29 is 9.50 Å². The van der Waals surface area contributed by atoms with E-state index in [-0.39, 0.29) is 5.02 Å². The highest BCUT2D eigenvalue weighted by atomic mass is 35.5. The van der Waals surface area contributed by atoms with Crippen LogP contribution in [-0.2, 0) is 13.0 Å². The molecule has 19 heavy (non-hydrogen) atoms. The molecule has 0 saturated carbocycles. The van der Waals surface area contributed by atoms with Crippen LogP contribution in [0.1, 0.15) is 30.0 Å². The first kappa shape index (κ1) is 14.0. The van der Waals surface area contributed by atoms with Crippen molar-refractivity contribution in [3.05, 3.63) is 52.1 Å². The number of aliphatic hydroxyl groups excluding tert-OH is 1. The molecule has 1 aromatic heterocycles. The van der Waals surface area contributed by atoms with E-state index in [0.29, 0.717) is 12.0 Å². The quantitative estimate of drug-likeness (QED) is 0.934. The van der Waals surface area contributed by atoms with Gasteiger partial charge in [0.25, 0.3) is 0 Å². The first-order chi connectivity index (χ1) is 8.99. The Morgan fingerprint density at radius 3 is 2.74 bits per heavy atom. The van der Waals surface area contributed by atoms with Gasteiger partial charge in [-0.05, 0) is 43.7 Å². The van der Waals surface area contributed by atoms with Gasteiger partial charge < -0.3 is 5.11 Å². The normalized spacial score (nSPS) is 12.7. The highest BCUT2D eigenvalue weighted by Gasteiger charge is 2.14. The number of nitrogens with zero attached hydrogens (tertiary/aromatic N) is 2. The third-order valence-electron chi connectivity index (χ3n) is 2.96. The number of benzene rings is 1. The van der Waals surface area contributed by atoms with Gasteiger partial charge in [0.15, 0.2) is 0 Å². The van der Waals surface area contributed by atoms with Gasteiger partial charge in [-0.2, -0.15) is 5.10 Å². The van der Waals surface area contributed by atoms with Gasteiger partial charge >= 0.3 is 0 Å². The van der Waals surface area contributed by atoms with Gasteiger partial charge in [0.1, 0.15) is 5.82 Å². The molecule has 0 amide bonds. The summed E-state index contributed by atoms with van der Waals surface area (Å²) in [6.07, 6.45) is -0.413. The first-order valence-electron chi connectivity index (χ1n) is 6.17. The Morgan fingerprint density at radius 2 is 2.11 bits per heavy atom. The molecule has 0 radical (unpaired) electrons. The summed E-state index contributed by atoms with van der Waals surface area (Å²) >= 11 is 5.79. The number of rotatable bonds is 4. The van der Waals surface area contributed by atoms with E-state index in [4.69, 9.17) is 11.6 Å². The Labute approximate surface area is 116 Å². The standard InChI is InChI=1S/C14H16ClFN2O/c1-3-18-13(4-9(2)17-18)8-14(19)10-5-11(15)7-12(16)6-10/h4-7,14,19H,3,8H2,1-2H3. The molecule has 5 heteroatoms. The van der Waals surface area contributed by atoms with E-state index >= 15 is 0 Å². The molecule has 0 bridgehead atoms. The van der Waals surface area contributed by atoms with Crippen molar-refractivity contribution in [3.8, 4) is 0 Å². The number of hydrogen-bond acceptors (Lipinski definition) is 2. The minimum Gasteiger partial charge on any atom is -0.388 e. The fraction of sp³-hybridized carbons (Fsp3) is 0.357. The van der Waals surface area contributed by atoms with Crippen LogP contribution in [-0.4, -0.2) is 14.9 Å². The number of hydrogen-bond donors (Lipinski definition) is 1. The predicted octanol–water partition coefficient (Wildman–Crippen LogP) is 3.28. The number of aromatic nitrogens is 2. The minimum atomic E-state index is -0.797. The third kappa shape index (κ3) is 3.33. The Morgan fingerprint density at radius 1 is 1.37 bits per heavy atom. The fourth-order valence-electron chi connectivity index (χ4n) is 2.12. The van der Waals surface area contributed by atoms with E-state index in [1.807, 2.05) is 24.6 Å². The van der Waals surface area contributed by atoms with Crippen LogP contribution in [0.5, 0.6) is 0 Å². The lowest BCUT2D eigenvalue weighted by molar-refractivity contribution is 0.175. The van der Waals surface area contributed by atoms with Crippen LogP contribution >= 0.6 is 11.6 Å². The van der Waals surface area contributed by atoms with Gasteiger partial charge in [0.2, 0.25) is 0 Å². The largest absolute Gasteiger partial charge is 0.388 e. The summed E-state index contributed by atoms with van der Waals surface area (Å²) in [4.78, 5) is 0. The molecule has 0 fully saturated rings. The number of aliphatic hydroxyl groups is 1. The average molecular weight is 283 g/mol. The lowest BCUT2D eigenvalue weighted by Gasteiger charge is -2.12. The molecular formula is C14H16ClFN2O. The number of aryl methyl sites for hydroxylation is 2. The molecule has 0 aliphatic heterocycles. The second-order valence-corrected chi connectivity index (χ2v) is 4.95. The predicted molar refractivity (Wildman–Crippen MR) is 72.7 cm³/mol. The molecule has 2 aromatic rings. The summed E-state index contributed by atoms with van der Waals surface area (Å²) in [5.74, 6) is -0.443. The molecule has 1 heterocycles. The second-order valence-electron chi connectivity index (χ2n) is 4.52. The summed E-state index contributed by atoms with van der Waals surface area (Å²) in [7, 11) is 0. The molecule has 1 N–H and O–H groups in total. The summed E-state index contributed by atoms with van der Waals surface area (Å²) < 4.78 is 15.1. The maximum atomic E-state index is 13.3. The van der Waals surface area contributed by atoms with Crippen LogP contribution in [0.25, 0.3) is 0 Å². The third-order valence-corrected chi connectivity index (χ3v) is 3.18. The van der Waals surface area contributed by atoms with Crippen LogP contribution in [0, 0.1) is 12.7 Å².